The molecule has 5 aliphatic rings. The Morgan fingerprint density at radius 1 is 1.00 bits per heavy atom. The maximum atomic E-state index is 11.9. The third-order valence-electron chi connectivity index (χ3n) is 13.3. The standard InChI is InChI=1S/C31H54O5/c1-18(21-14-19(21)2)10-11-29(4,34)25-9-8-22-27-23(16-26(33)30(22,25)5)28(3)12-13-31(35-6,36-7)17-20(28)15-24(27)32/h18-27,32-34H,8-17H2,1-7H3. The molecule has 0 aromatic carbocycles. The van der Waals surface area contributed by atoms with Gasteiger partial charge in [-0.3, -0.25) is 0 Å². The molecule has 5 aliphatic carbocycles. The van der Waals surface area contributed by atoms with Crippen LogP contribution in [0.2, 0.25) is 0 Å². The maximum Gasteiger partial charge on any atom is 0.167 e. The molecule has 0 aromatic heterocycles. The molecule has 0 heterocycles. The molecule has 5 saturated carbocycles. The Hall–Kier alpha value is -0.200. The third kappa shape index (κ3) is 4.05. The monoisotopic (exact) mass is 506 g/mol. The molecule has 5 nitrogen and oxygen atoms in total. The fourth-order valence-corrected chi connectivity index (χ4v) is 10.6. The van der Waals surface area contributed by atoms with Crippen LogP contribution in [0, 0.1) is 58.2 Å². The first-order chi connectivity index (χ1) is 16.8. The molecule has 0 saturated heterocycles. The molecule has 0 aliphatic heterocycles. The maximum absolute atomic E-state index is 11.9. The summed E-state index contributed by atoms with van der Waals surface area (Å²) in [6.07, 6.45) is 8.54. The van der Waals surface area contributed by atoms with Crippen LogP contribution in [-0.4, -0.2) is 53.1 Å². The van der Waals surface area contributed by atoms with Crippen molar-refractivity contribution >= 4 is 0 Å². The molecule has 5 heteroatoms. The SMILES string of the molecule is COC1(OC)CCC2(C)C(CC(O)C3C2CC(O)C2(C)C3CCC2C(C)(O)CCC(C)C2CC2C)C1. The van der Waals surface area contributed by atoms with Crippen molar-refractivity contribution in [2.75, 3.05) is 14.2 Å². The van der Waals surface area contributed by atoms with Crippen molar-refractivity contribution < 1.29 is 24.8 Å². The molecule has 0 amide bonds. The fraction of sp³-hybridized carbons (Fsp3) is 1.00. The van der Waals surface area contributed by atoms with Crippen molar-refractivity contribution in [1.29, 1.82) is 0 Å². The molecule has 13 atom stereocenters. The van der Waals surface area contributed by atoms with Crippen LogP contribution in [0.5, 0.6) is 0 Å². The van der Waals surface area contributed by atoms with Gasteiger partial charge in [0.15, 0.2) is 5.79 Å². The lowest BCUT2D eigenvalue weighted by molar-refractivity contribution is -0.276. The minimum absolute atomic E-state index is 0.0732. The zero-order chi connectivity index (χ0) is 26.3. The summed E-state index contributed by atoms with van der Waals surface area (Å²) in [5.74, 6) is 2.93. The van der Waals surface area contributed by atoms with Crippen molar-refractivity contribution in [3.8, 4) is 0 Å². The summed E-state index contributed by atoms with van der Waals surface area (Å²) in [7, 11) is 3.47. The molecule has 36 heavy (non-hydrogen) atoms. The average molecular weight is 507 g/mol. The lowest BCUT2D eigenvalue weighted by Gasteiger charge is -2.64. The number of hydrogen-bond acceptors (Lipinski definition) is 5. The van der Waals surface area contributed by atoms with Crippen molar-refractivity contribution in [2.24, 2.45) is 58.2 Å². The molecule has 0 bridgehead atoms. The predicted molar refractivity (Wildman–Crippen MR) is 141 cm³/mol. The summed E-state index contributed by atoms with van der Waals surface area (Å²) < 4.78 is 11.7. The normalized spacial score (nSPS) is 52.0. The first-order valence-electron chi connectivity index (χ1n) is 15.0. The van der Waals surface area contributed by atoms with Crippen molar-refractivity contribution in [3.63, 3.8) is 0 Å². The lowest BCUT2D eigenvalue weighted by atomic mass is 9.42. The number of aliphatic hydroxyl groups excluding tert-OH is 2. The first-order valence-corrected chi connectivity index (χ1v) is 15.0. The average Bonchev–Trinajstić information content (AvgIpc) is 3.45. The molecule has 3 N–H and O–H groups in total. The Kier molecular flexibility index (Phi) is 6.98. The van der Waals surface area contributed by atoms with Crippen molar-refractivity contribution in [3.05, 3.63) is 0 Å². The van der Waals surface area contributed by atoms with Gasteiger partial charge in [-0.1, -0.05) is 27.7 Å². The second kappa shape index (κ2) is 9.18. The minimum atomic E-state index is -0.781. The van der Waals surface area contributed by atoms with E-state index in [-0.39, 0.29) is 34.7 Å². The van der Waals surface area contributed by atoms with Gasteiger partial charge in [-0.2, -0.15) is 0 Å². The molecule has 5 rings (SSSR count). The molecule has 208 valence electrons. The van der Waals surface area contributed by atoms with Gasteiger partial charge in [-0.25, -0.2) is 0 Å². The van der Waals surface area contributed by atoms with Gasteiger partial charge in [-0.05, 0) is 111 Å². The van der Waals surface area contributed by atoms with Gasteiger partial charge in [0.05, 0.1) is 17.8 Å². The highest BCUT2D eigenvalue weighted by molar-refractivity contribution is 5.16. The largest absolute Gasteiger partial charge is 0.393 e. The van der Waals surface area contributed by atoms with E-state index in [1.54, 1.807) is 14.2 Å². The number of fused-ring (bicyclic) bond motifs is 5. The van der Waals surface area contributed by atoms with E-state index in [4.69, 9.17) is 9.47 Å². The summed E-state index contributed by atoms with van der Waals surface area (Å²) in [6, 6.07) is 0. The summed E-state index contributed by atoms with van der Waals surface area (Å²) in [6.45, 7) is 11.4. The van der Waals surface area contributed by atoms with Crippen LogP contribution < -0.4 is 0 Å². The van der Waals surface area contributed by atoms with Gasteiger partial charge in [0.1, 0.15) is 0 Å². The lowest BCUT2D eigenvalue weighted by Crippen LogP contribution is -2.64. The van der Waals surface area contributed by atoms with Crippen LogP contribution in [0.3, 0.4) is 0 Å². The Morgan fingerprint density at radius 3 is 2.28 bits per heavy atom. The van der Waals surface area contributed by atoms with E-state index < -0.39 is 17.5 Å². The number of aliphatic hydroxyl groups is 3. The van der Waals surface area contributed by atoms with Crippen LogP contribution in [0.1, 0.15) is 98.8 Å². The van der Waals surface area contributed by atoms with Gasteiger partial charge in [0, 0.05) is 32.5 Å². The molecule has 0 spiro atoms. The second-order valence-electron chi connectivity index (χ2n) is 14.8. The number of methoxy groups -OCH3 is 2. The Balaban J connectivity index is 1.36. The smallest absolute Gasteiger partial charge is 0.167 e. The Morgan fingerprint density at radius 2 is 1.67 bits per heavy atom. The zero-order valence-corrected chi connectivity index (χ0v) is 24.0. The van der Waals surface area contributed by atoms with Crippen molar-refractivity contribution in [1.82, 2.24) is 0 Å². The fourth-order valence-electron chi connectivity index (χ4n) is 10.6. The van der Waals surface area contributed by atoms with Gasteiger partial charge in [-0.15, -0.1) is 0 Å². The first kappa shape index (κ1) is 27.4. The van der Waals surface area contributed by atoms with Crippen LogP contribution in [0.4, 0.5) is 0 Å². The third-order valence-corrected chi connectivity index (χ3v) is 13.3. The van der Waals surface area contributed by atoms with E-state index in [1.807, 2.05) is 6.92 Å². The summed E-state index contributed by atoms with van der Waals surface area (Å²) >= 11 is 0. The molecular weight excluding hydrogens is 452 g/mol. The highest BCUT2D eigenvalue weighted by atomic mass is 16.7. The highest BCUT2D eigenvalue weighted by Crippen LogP contribution is 2.69. The van der Waals surface area contributed by atoms with Gasteiger partial charge < -0.3 is 24.8 Å². The summed E-state index contributed by atoms with van der Waals surface area (Å²) in [5, 5.41) is 35.4. The Labute approximate surface area is 219 Å². The van der Waals surface area contributed by atoms with E-state index in [0.29, 0.717) is 17.8 Å². The second-order valence-corrected chi connectivity index (χ2v) is 14.8. The van der Waals surface area contributed by atoms with E-state index in [9.17, 15) is 15.3 Å². The molecule has 5 fully saturated rings. The zero-order valence-electron chi connectivity index (χ0n) is 24.0. The molecular formula is C31H54O5. The summed E-state index contributed by atoms with van der Waals surface area (Å²) in [5.41, 5.74) is -1.05. The van der Waals surface area contributed by atoms with Gasteiger partial charge >= 0.3 is 0 Å². The van der Waals surface area contributed by atoms with E-state index in [1.165, 1.54) is 6.42 Å². The van der Waals surface area contributed by atoms with Crippen LogP contribution in [0.25, 0.3) is 0 Å². The van der Waals surface area contributed by atoms with Crippen molar-refractivity contribution in [2.45, 2.75) is 122 Å². The Bertz CT molecular complexity index is 809. The minimum Gasteiger partial charge on any atom is -0.393 e. The quantitative estimate of drug-likeness (QED) is 0.403. The predicted octanol–water partition coefficient (Wildman–Crippen LogP) is 5.40. The highest BCUT2D eigenvalue weighted by Gasteiger charge is 2.68. The summed E-state index contributed by atoms with van der Waals surface area (Å²) in [4.78, 5) is 0. The molecule has 0 aromatic rings. The molecule has 0 radical (unpaired) electrons. The molecule has 13 unspecified atom stereocenters. The van der Waals surface area contributed by atoms with Gasteiger partial charge in [0.25, 0.3) is 0 Å². The van der Waals surface area contributed by atoms with E-state index in [0.717, 1.165) is 69.6 Å². The van der Waals surface area contributed by atoms with E-state index >= 15 is 0 Å². The van der Waals surface area contributed by atoms with Gasteiger partial charge in [0.2, 0.25) is 0 Å². The number of ether oxygens (including phenoxy) is 2. The van der Waals surface area contributed by atoms with E-state index in [2.05, 4.69) is 27.7 Å². The topological polar surface area (TPSA) is 79.2 Å². The van der Waals surface area contributed by atoms with Crippen LogP contribution in [0.15, 0.2) is 0 Å². The van der Waals surface area contributed by atoms with Crippen LogP contribution >= 0.6 is 0 Å². The number of rotatable bonds is 7. The van der Waals surface area contributed by atoms with Crippen LogP contribution in [-0.2, 0) is 9.47 Å². The number of hydrogen-bond donors (Lipinski definition) is 3.